The zero-order valence-corrected chi connectivity index (χ0v) is 38.5. The predicted octanol–water partition coefficient (Wildman–Crippen LogP) is 17.2. The molecule has 1 heterocycles. The van der Waals surface area contributed by atoms with Crippen molar-refractivity contribution < 1.29 is 9.47 Å². The van der Waals surface area contributed by atoms with Crippen molar-refractivity contribution in [2.24, 2.45) is 11.8 Å². The van der Waals surface area contributed by atoms with Crippen molar-refractivity contribution >= 4 is 0 Å². The summed E-state index contributed by atoms with van der Waals surface area (Å²) in [7, 11) is 0. The van der Waals surface area contributed by atoms with E-state index in [1.807, 2.05) is 0 Å². The Morgan fingerprint density at radius 2 is 0.741 bits per heavy atom. The number of rotatable bonds is 43. The molecule has 0 bridgehead atoms. The van der Waals surface area contributed by atoms with Crippen LogP contribution in [0.15, 0.2) is 0 Å². The summed E-state index contributed by atoms with van der Waals surface area (Å²) in [5.74, 6) is 1.71. The van der Waals surface area contributed by atoms with Gasteiger partial charge in [0.05, 0.1) is 12.7 Å². The molecular formula is C51H103NO2. The minimum Gasteiger partial charge on any atom is -0.347 e. The van der Waals surface area contributed by atoms with Crippen LogP contribution in [0, 0.1) is 11.8 Å². The van der Waals surface area contributed by atoms with Gasteiger partial charge in [-0.3, -0.25) is 0 Å². The lowest BCUT2D eigenvalue weighted by atomic mass is 9.90. The first-order valence-corrected chi connectivity index (χ1v) is 25.6. The molecule has 0 spiro atoms. The lowest BCUT2D eigenvalue weighted by Gasteiger charge is -2.29. The van der Waals surface area contributed by atoms with Crippen molar-refractivity contribution in [1.82, 2.24) is 4.90 Å². The van der Waals surface area contributed by atoms with Gasteiger partial charge in [0.15, 0.2) is 5.79 Å². The van der Waals surface area contributed by atoms with Crippen LogP contribution in [0.1, 0.15) is 279 Å². The summed E-state index contributed by atoms with van der Waals surface area (Å²) < 4.78 is 13.5. The molecule has 1 aliphatic rings. The normalized spacial score (nSPS) is 15.8. The van der Waals surface area contributed by atoms with Crippen molar-refractivity contribution in [1.29, 1.82) is 0 Å². The maximum Gasteiger partial charge on any atom is 0.168 e. The van der Waals surface area contributed by atoms with E-state index < -0.39 is 0 Å². The third-order valence-corrected chi connectivity index (χ3v) is 13.3. The first-order chi connectivity index (χ1) is 26.6. The van der Waals surface area contributed by atoms with E-state index in [9.17, 15) is 0 Å². The van der Waals surface area contributed by atoms with Crippen LogP contribution in [0.3, 0.4) is 0 Å². The van der Waals surface area contributed by atoms with Crippen molar-refractivity contribution in [3.63, 3.8) is 0 Å². The Labute approximate surface area is 342 Å². The van der Waals surface area contributed by atoms with Gasteiger partial charge in [-0.05, 0) is 44.2 Å². The molecule has 1 rings (SSSR count). The standard InChI is InChI=1S/C51H103NO2/c1-7-13-29-37-48(38-30-14-8-2)41-33-25-21-17-19-23-27-35-44-51(53-47-50(54-51)43-46-52(11-5)12-6)45-36-28-24-20-18-22-26-34-42-49(39-31-15-9-3)40-32-16-10-4/h48-50H,7-47H2,1-6H3. The third kappa shape index (κ3) is 29.1. The van der Waals surface area contributed by atoms with Crippen LogP contribution >= 0.6 is 0 Å². The molecule has 3 heteroatoms. The fourth-order valence-corrected chi connectivity index (χ4v) is 9.39. The van der Waals surface area contributed by atoms with Crippen molar-refractivity contribution in [3.8, 4) is 0 Å². The average molecular weight is 762 g/mol. The van der Waals surface area contributed by atoms with Crippen LogP contribution in [0.5, 0.6) is 0 Å². The molecule has 0 aromatic carbocycles. The first-order valence-electron chi connectivity index (χ1n) is 25.6. The molecule has 1 fully saturated rings. The van der Waals surface area contributed by atoms with E-state index >= 15 is 0 Å². The Hall–Kier alpha value is -0.120. The highest BCUT2D eigenvalue weighted by molar-refractivity contribution is 4.80. The van der Waals surface area contributed by atoms with Crippen LogP contribution in [-0.4, -0.2) is 43.0 Å². The molecule has 0 aromatic heterocycles. The second-order valence-electron chi connectivity index (χ2n) is 18.2. The molecule has 0 aliphatic carbocycles. The highest BCUT2D eigenvalue weighted by Crippen LogP contribution is 2.36. The SMILES string of the molecule is CCCCCC(CCCCC)CCCCCCCCCCC1(CCCCCCCCCCC(CCCCC)CCCCC)OCC(CCN(CC)CC)O1. The fourth-order valence-electron chi connectivity index (χ4n) is 9.39. The highest BCUT2D eigenvalue weighted by Gasteiger charge is 2.40. The molecule has 324 valence electrons. The lowest BCUT2D eigenvalue weighted by Crippen LogP contribution is -2.32. The van der Waals surface area contributed by atoms with E-state index in [1.165, 1.54) is 218 Å². The van der Waals surface area contributed by atoms with Crippen molar-refractivity contribution in [3.05, 3.63) is 0 Å². The summed E-state index contributed by atoms with van der Waals surface area (Å²) in [5.41, 5.74) is 0. The quantitative estimate of drug-likeness (QED) is 0.0578. The molecule has 1 atom stereocenters. The smallest absolute Gasteiger partial charge is 0.168 e. The molecule has 0 radical (unpaired) electrons. The number of unbranched alkanes of at least 4 members (excludes halogenated alkanes) is 22. The highest BCUT2D eigenvalue weighted by atomic mass is 16.7. The molecule has 1 aliphatic heterocycles. The number of hydrogen-bond donors (Lipinski definition) is 0. The molecular weight excluding hydrogens is 659 g/mol. The Morgan fingerprint density at radius 1 is 0.426 bits per heavy atom. The fraction of sp³-hybridized carbons (Fsp3) is 1.00. The molecule has 3 nitrogen and oxygen atoms in total. The van der Waals surface area contributed by atoms with Gasteiger partial charge in [0, 0.05) is 19.4 Å². The van der Waals surface area contributed by atoms with E-state index in [0.717, 1.165) is 57.3 Å². The minimum absolute atomic E-state index is 0.279. The summed E-state index contributed by atoms with van der Waals surface area (Å²) in [6.07, 6.45) is 51.9. The Kier molecular flexibility index (Phi) is 36.9. The summed E-state index contributed by atoms with van der Waals surface area (Å²) in [6, 6.07) is 0. The van der Waals surface area contributed by atoms with Gasteiger partial charge in [-0.2, -0.15) is 0 Å². The predicted molar refractivity (Wildman–Crippen MR) is 242 cm³/mol. The van der Waals surface area contributed by atoms with E-state index in [0.29, 0.717) is 0 Å². The maximum absolute atomic E-state index is 6.85. The Bertz CT molecular complexity index is 673. The molecule has 0 amide bonds. The topological polar surface area (TPSA) is 21.7 Å². The average Bonchev–Trinajstić information content (AvgIpc) is 3.59. The van der Waals surface area contributed by atoms with Crippen LogP contribution < -0.4 is 0 Å². The molecule has 54 heavy (non-hydrogen) atoms. The summed E-state index contributed by atoms with van der Waals surface area (Å²) in [5, 5.41) is 0. The molecule has 1 saturated heterocycles. The maximum atomic E-state index is 6.85. The van der Waals surface area contributed by atoms with E-state index in [4.69, 9.17) is 9.47 Å². The van der Waals surface area contributed by atoms with Crippen molar-refractivity contribution in [2.75, 3.05) is 26.2 Å². The van der Waals surface area contributed by atoms with Crippen LogP contribution in [-0.2, 0) is 9.47 Å². The monoisotopic (exact) mass is 762 g/mol. The molecule has 0 saturated carbocycles. The Morgan fingerprint density at radius 3 is 1.07 bits per heavy atom. The molecule has 1 unspecified atom stereocenters. The van der Waals surface area contributed by atoms with Gasteiger partial charge in [0.25, 0.3) is 0 Å². The van der Waals surface area contributed by atoms with E-state index in [1.54, 1.807) is 0 Å². The van der Waals surface area contributed by atoms with Gasteiger partial charge in [0.1, 0.15) is 0 Å². The van der Waals surface area contributed by atoms with Crippen molar-refractivity contribution in [2.45, 2.75) is 291 Å². The molecule has 0 aromatic rings. The van der Waals surface area contributed by atoms with E-state index in [-0.39, 0.29) is 11.9 Å². The summed E-state index contributed by atoms with van der Waals surface area (Å²) in [4.78, 5) is 2.53. The summed E-state index contributed by atoms with van der Waals surface area (Å²) >= 11 is 0. The summed E-state index contributed by atoms with van der Waals surface area (Å²) in [6.45, 7) is 18.1. The Balaban J connectivity index is 2.31. The third-order valence-electron chi connectivity index (χ3n) is 13.3. The zero-order chi connectivity index (χ0) is 39.2. The van der Waals surface area contributed by atoms with Gasteiger partial charge < -0.3 is 14.4 Å². The second kappa shape index (κ2) is 38.4. The largest absolute Gasteiger partial charge is 0.347 e. The van der Waals surface area contributed by atoms with Crippen LogP contribution in [0.2, 0.25) is 0 Å². The second-order valence-corrected chi connectivity index (χ2v) is 18.2. The van der Waals surface area contributed by atoms with Crippen LogP contribution in [0.4, 0.5) is 0 Å². The minimum atomic E-state index is -0.302. The first kappa shape index (κ1) is 51.9. The van der Waals surface area contributed by atoms with Crippen LogP contribution in [0.25, 0.3) is 0 Å². The van der Waals surface area contributed by atoms with Gasteiger partial charge in [-0.15, -0.1) is 0 Å². The number of ether oxygens (including phenoxy) is 2. The van der Waals surface area contributed by atoms with Gasteiger partial charge in [-0.25, -0.2) is 0 Å². The number of nitrogens with zero attached hydrogens (tertiary/aromatic N) is 1. The van der Waals surface area contributed by atoms with Gasteiger partial charge in [0.2, 0.25) is 0 Å². The van der Waals surface area contributed by atoms with Gasteiger partial charge >= 0.3 is 0 Å². The zero-order valence-electron chi connectivity index (χ0n) is 38.5. The number of hydrogen-bond acceptors (Lipinski definition) is 3. The lowest BCUT2D eigenvalue weighted by molar-refractivity contribution is -0.180. The van der Waals surface area contributed by atoms with E-state index in [2.05, 4.69) is 46.4 Å². The van der Waals surface area contributed by atoms with Gasteiger partial charge in [-0.1, -0.05) is 247 Å². The molecule has 0 N–H and O–H groups in total.